The van der Waals surface area contributed by atoms with E-state index in [0.717, 1.165) is 30.1 Å². The number of aromatic nitrogens is 3. The van der Waals surface area contributed by atoms with Gasteiger partial charge in [0.1, 0.15) is 5.82 Å². The minimum atomic E-state index is -0.0613. The molecular formula is C18H24N4O. The fourth-order valence-corrected chi connectivity index (χ4v) is 2.86. The number of H-pyrrole nitrogens is 1. The Kier molecular flexibility index (Phi) is 4.57. The minimum absolute atomic E-state index is 0.0613. The standard InChI is InChI=1S/C18H24N4O/c1-11(2)16(17-12(3)5-4-8-19-17)20-10-14-9-15(23)22-18(21-14)13-6-7-13/h4-5,8-9,11,13,16,20H,6-7,10H2,1-3H3,(H,21,22,23). The van der Waals surface area contributed by atoms with Crippen LogP contribution in [0.4, 0.5) is 0 Å². The number of pyridine rings is 1. The van der Waals surface area contributed by atoms with Crippen molar-refractivity contribution in [3.05, 3.63) is 57.5 Å². The maximum atomic E-state index is 11.8. The van der Waals surface area contributed by atoms with Crippen LogP contribution in [0.25, 0.3) is 0 Å². The summed E-state index contributed by atoms with van der Waals surface area (Å²) >= 11 is 0. The van der Waals surface area contributed by atoms with Crippen molar-refractivity contribution in [2.24, 2.45) is 5.92 Å². The zero-order valence-corrected chi connectivity index (χ0v) is 14.0. The van der Waals surface area contributed by atoms with E-state index in [9.17, 15) is 4.79 Å². The molecule has 2 aromatic rings. The SMILES string of the molecule is Cc1cccnc1C(NCc1cc(=O)[nH]c(C2CC2)n1)C(C)C. The van der Waals surface area contributed by atoms with Gasteiger partial charge in [0.25, 0.3) is 5.56 Å². The van der Waals surface area contributed by atoms with Gasteiger partial charge in [-0.2, -0.15) is 0 Å². The van der Waals surface area contributed by atoms with Gasteiger partial charge >= 0.3 is 0 Å². The first-order valence-electron chi connectivity index (χ1n) is 8.29. The number of aromatic amines is 1. The summed E-state index contributed by atoms with van der Waals surface area (Å²) in [5.74, 6) is 1.68. The first-order chi connectivity index (χ1) is 11.0. The van der Waals surface area contributed by atoms with Crippen molar-refractivity contribution >= 4 is 0 Å². The summed E-state index contributed by atoms with van der Waals surface area (Å²) < 4.78 is 0. The van der Waals surface area contributed by atoms with Gasteiger partial charge in [-0.15, -0.1) is 0 Å². The van der Waals surface area contributed by atoms with Crippen molar-refractivity contribution in [3.8, 4) is 0 Å². The van der Waals surface area contributed by atoms with Crippen LogP contribution >= 0.6 is 0 Å². The summed E-state index contributed by atoms with van der Waals surface area (Å²) in [6, 6.07) is 5.76. The second kappa shape index (κ2) is 6.62. The van der Waals surface area contributed by atoms with Crippen molar-refractivity contribution in [1.29, 1.82) is 0 Å². The van der Waals surface area contributed by atoms with Crippen LogP contribution in [-0.2, 0) is 6.54 Å². The van der Waals surface area contributed by atoms with E-state index in [2.05, 4.69) is 47.1 Å². The monoisotopic (exact) mass is 312 g/mol. The van der Waals surface area contributed by atoms with Crippen molar-refractivity contribution < 1.29 is 0 Å². The van der Waals surface area contributed by atoms with E-state index in [1.54, 1.807) is 6.07 Å². The van der Waals surface area contributed by atoms with Crippen LogP contribution in [-0.4, -0.2) is 15.0 Å². The highest BCUT2D eigenvalue weighted by Gasteiger charge is 2.26. The van der Waals surface area contributed by atoms with E-state index in [1.807, 2.05) is 12.3 Å². The molecule has 122 valence electrons. The van der Waals surface area contributed by atoms with Gasteiger partial charge in [0.2, 0.25) is 0 Å². The van der Waals surface area contributed by atoms with Crippen molar-refractivity contribution in [2.75, 3.05) is 0 Å². The number of nitrogens with one attached hydrogen (secondary N) is 2. The molecule has 1 atom stereocenters. The summed E-state index contributed by atoms with van der Waals surface area (Å²) in [5, 5.41) is 3.53. The Morgan fingerprint density at radius 1 is 1.39 bits per heavy atom. The highest BCUT2D eigenvalue weighted by Crippen LogP contribution is 2.37. The normalized spacial score (nSPS) is 15.8. The molecule has 0 spiro atoms. The van der Waals surface area contributed by atoms with Gasteiger partial charge in [0.05, 0.1) is 17.4 Å². The molecule has 0 bridgehead atoms. The zero-order valence-electron chi connectivity index (χ0n) is 14.0. The van der Waals surface area contributed by atoms with Gasteiger partial charge in [-0.3, -0.25) is 9.78 Å². The summed E-state index contributed by atoms with van der Waals surface area (Å²) in [7, 11) is 0. The van der Waals surface area contributed by atoms with Crippen molar-refractivity contribution in [2.45, 2.75) is 52.1 Å². The largest absolute Gasteiger partial charge is 0.310 e. The maximum absolute atomic E-state index is 11.8. The fourth-order valence-electron chi connectivity index (χ4n) is 2.86. The predicted molar refractivity (Wildman–Crippen MR) is 90.2 cm³/mol. The van der Waals surface area contributed by atoms with Crippen LogP contribution in [0.1, 0.15) is 61.4 Å². The third-order valence-corrected chi connectivity index (χ3v) is 4.29. The molecular weight excluding hydrogens is 288 g/mol. The molecule has 0 aliphatic heterocycles. The van der Waals surface area contributed by atoms with Crippen molar-refractivity contribution in [1.82, 2.24) is 20.3 Å². The lowest BCUT2D eigenvalue weighted by atomic mass is 9.97. The smallest absolute Gasteiger partial charge is 0.251 e. The van der Waals surface area contributed by atoms with Crippen LogP contribution in [0.15, 0.2) is 29.2 Å². The molecule has 1 aliphatic rings. The first kappa shape index (κ1) is 15.9. The number of rotatable bonds is 6. The maximum Gasteiger partial charge on any atom is 0.251 e. The lowest BCUT2D eigenvalue weighted by Crippen LogP contribution is -2.28. The van der Waals surface area contributed by atoms with Gasteiger partial charge in [0, 0.05) is 24.7 Å². The van der Waals surface area contributed by atoms with Crippen molar-refractivity contribution in [3.63, 3.8) is 0 Å². The molecule has 0 radical (unpaired) electrons. The molecule has 0 aromatic carbocycles. The summed E-state index contributed by atoms with van der Waals surface area (Å²) in [5.41, 5.74) is 2.98. The Bertz CT molecular complexity index is 734. The van der Waals surface area contributed by atoms with Gasteiger partial charge in [-0.05, 0) is 37.3 Å². The van der Waals surface area contributed by atoms with Crippen LogP contribution in [0.5, 0.6) is 0 Å². The highest BCUT2D eigenvalue weighted by molar-refractivity contribution is 5.22. The zero-order chi connectivity index (χ0) is 16.4. The quantitative estimate of drug-likeness (QED) is 0.860. The first-order valence-corrected chi connectivity index (χ1v) is 8.29. The van der Waals surface area contributed by atoms with E-state index in [4.69, 9.17) is 0 Å². The lowest BCUT2D eigenvalue weighted by molar-refractivity contribution is 0.398. The number of nitrogens with zero attached hydrogens (tertiary/aromatic N) is 2. The summed E-state index contributed by atoms with van der Waals surface area (Å²) in [6.07, 6.45) is 4.08. The summed E-state index contributed by atoms with van der Waals surface area (Å²) in [4.78, 5) is 23.8. The van der Waals surface area contributed by atoms with E-state index < -0.39 is 0 Å². The third kappa shape index (κ3) is 3.85. The predicted octanol–water partition coefficient (Wildman–Crippen LogP) is 2.84. The fraction of sp³-hybridized carbons (Fsp3) is 0.500. The number of hydrogen-bond donors (Lipinski definition) is 2. The van der Waals surface area contributed by atoms with Crippen LogP contribution < -0.4 is 10.9 Å². The van der Waals surface area contributed by atoms with Crippen LogP contribution in [0.2, 0.25) is 0 Å². The molecule has 2 aromatic heterocycles. The van der Waals surface area contributed by atoms with Gasteiger partial charge in [-0.1, -0.05) is 19.9 Å². The lowest BCUT2D eigenvalue weighted by Gasteiger charge is -2.23. The number of aryl methyl sites for hydroxylation is 1. The van der Waals surface area contributed by atoms with Gasteiger partial charge < -0.3 is 10.3 Å². The molecule has 5 heteroatoms. The Morgan fingerprint density at radius 2 is 2.17 bits per heavy atom. The Morgan fingerprint density at radius 3 is 2.83 bits per heavy atom. The Hall–Kier alpha value is -2.01. The second-order valence-electron chi connectivity index (χ2n) is 6.70. The summed E-state index contributed by atoms with van der Waals surface area (Å²) in [6.45, 7) is 7.00. The molecule has 2 heterocycles. The van der Waals surface area contributed by atoms with Gasteiger partial charge in [0.15, 0.2) is 0 Å². The van der Waals surface area contributed by atoms with E-state index in [-0.39, 0.29) is 11.6 Å². The molecule has 5 nitrogen and oxygen atoms in total. The number of hydrogen-bond acceptors (Lipinski definition) is 4. The molecule has 3 rings (SSSR count). The van der Waals surface area contributed by atoms with Crippen LogP contribution in [0, 0.1) is 12.8 Å². The molecule has 1 fully saturated rings. The third-order valence-electron chi connectivity index (χ3n) is 4.29. The molecule has 23 heavy (non-hydrogen) atoms. The van der Waals surface area contributed by atoms with Gasteiger partial charge in [-0.25, -0.2) is 4.98 Å². The molecule has 1 saturated carbocycles. The Balaban J connectivity index is 1.77. The second-order valence-corrected chi connectivity index (χ2v) is 6.70. The molecule has 1 unspecified atom stereocenters. The molecule has 2 N–H and O–H groups in total. The molecule has 1 aliphatic carbocycles. The Labute approximate surface area is 136 Å². The topological polar surface area (TPSA) is 70.7 Å². The highest BCUT2D eigenvalue weighted by atomic mass is 16.1. The average Bonchev–Trinajstić information content (AvgIpc) is 3.33. The average molecular weight is 312 g/mol. The van der Waals surface area contributed by atoms with E-state index in [1.165, 1.54) is 5.56 Å². The minimum Gasteiger partial charge on any atom is -0.310 e. The van der Waals surface area contributed by atoms with E-state index in [0.29, 0.717) is 18.4 Å². The van der Waals surface area contributed by atoms with E-state index >= 15 is 0 Å². The molecule has 0 amide bonds. The van der Waals surface area contributed by atoms with Crippen LogP contribution in [0.3, 0.4) is 0 Å². The molecule has 0 saturated heterocycles.